The van der Waals surface area contributed by atoms with Gasteiger partial charge in [-0.05, 0) is 42.8 Å². The van der Waals surface area contributed by atoms with Crippen LogP contribution in [0.5, 0.6) is 5.75 Å². The number of ether oxygens (including phenoxy) is 1. The van der Waals surface area contributed by atoms with Gasteiger partial charge in [-0.2, -0.15) is 4.72 Å². The summed E-state index contributed by atoms with van der Waals surface area (Å²) in [6.45, 7) is 0.371. The largest absolute Gasteiger partial charge is 0.497 e. The van der Waals surface area contributed by atoms with E-state index in [0.29, 0.717) is 24.4 Å². The molecule has 0 bridgehead atoms. The van der Waals surface area contributed by atoms with Crippen LogP contribution in [0.2, 0.25) is 0 Å². The maximum Gasteiger partial charge on any atom is 0.245 e. The Morgan fingerprint density at radius 3 is 2.48 bits per heavy atom. The van der Waals surface area contributed by atoms with Gasteiger partial charge >= 0.3 is 0 Å². The van der Waals surface area contributed by atoms with Crippen LogP contribution in [0.15, 0.2) is 53.4 Å². The van der Waals surface area contributed by atoms with E-state index in [1.54, 1.807) is 31.4 Å². The van der Waals surface area contributed by atoms with Crippen LogP contribution in [-0.4, -0.2) is 34.0 Å². The van der Waals surface area contributed by atoms with Crippen molar-refractivity contribution in [2.75, 3.05) is 18.6 Å². The fourth-order valence-corrected chi connectivity index (χ4v) is 4.02. The Kier molecular flexibility index (Phi) is 4.73. The van der Waals surface area contributed by atoms with Gasteiger partial charge in [0.15, 0.2) is 0 Å². The number of hydrogen-bond acceptors (Lipinski definition) is 4. The molecule has 1 heterocycles. The number of sulfonamides is 1. The Balaban J connectivity index is 1.77. The second-order valence-electron chi connectivity index (χ2n) is 5.58. The lowest BCUT2D eigenvalue weighted by Gasteiger charge is -2.17. The number of carbonyl (C=O) groups is 1. The predicted octanol–water partition coefficient (Wildman–Crippen LogP) is 1.92. The number of anilines is 1. The van der Waals surface area contributed by atoms with Crippen LogP contribution in [0.25, 0.3) is 0 Å². The van der Waals surface area contributed by atoms with Gasteiger partial charge in [-0.1, -0.05) is 12.1 Å². The summed E-state index contributed by atoms with van der Waals surface area (Å²) < 4.78 is 45.8. The summed E-state index contributed by atoms with van der Waals surface area (Å²) in [7, 11) is -2.57. The number of halogens is 1. The van der Waals surface area contributed by atoms with Gasteiger partial charge in [0.1, 0.15) is 22.5 Å². The predicted molar refractivity (Wildman–Crippen MR) is 90.5 cm³/mol. The molecule has 1 amide bonds. The van der Waals surface area contributed by atoms with E-state index in [0.717, 1.165) is 6.07 Å². The number of benzene rings is 2. The highest BCUT2D eigenvalue weighted by molar-refractivity contribution is 7.89. The SMILES string of the molecule is COc1ccc(N2CC[C@@H](NS(=O)(=O)c3ccccc3F)C2=O)cc1. The van der Waals surface area contributed by atoms with Gasteiger partial charge in [-0.25, -0.2) is 12.8 Å². The molecule has 2 aromatic rings. The molecule has 1 atom stereocenters. The lowest BCUT2D eigenvalue weighted by Crippen LogP contribution is -2.41. The normalized spacial score (nSPS) is 17.8. The second-order valence-corrected chi connectivity index (χ2v) is 7.26. The fraction of sp³-hybridized carbons (Fsp3) is 0.235. The molecule has 1 aliphatic heterocycles. The minimum Gasteiger partial charge on any atom is -0.497 e. The van der Waals surface area contributed by atoms with E-state index in [9.17, 15) is 17.6 Å². The Morgan fingerprint density at radius 1 is 1.16 bits per heavy atom. The molecule has 3 rings (SSSR count). The van der Waals surface area contributed by atoms with E-state index in [4.69, 9.17) is 4.74 Å². The topological polar surface area (TPSA) is 75.7 Å². The molecular weight excluding hydrogens is 347 g/mol. The lowest BCUT2D eigenvalue weighted by atomic mass is 10.2. The summed E-state index contributed by atoms with van der Waals surface area (Å²) in [6, 6.07) is 11.0. The fourth-order valence-electron chi connectivity index (χ4n) is 2.72. The first kappa shape index (κ1) is 17.4. The highest BCUT2D eigenvalue weighted by atomic mass is 32.2. The van der Waals surface area contributed by atoms with Gasteiger partial charge in [-0.3, -0.25) is 4.79 Å². The van der Waals surface area contributed by atoms with Crippen LogP contribution in [0.3, 0.4) is 0 Å². The van der Waals surface area contributed by atoms with Crippen LogP contribution in [0.1, 0.15) is 6.42 Å². The molecule has 0 aliphatic carbocycles. The van der Waals surface area contributed by atoms with Crippen molar-refractivity contribution in [3.63, 3.8) is 0 Å². The number of carbonyl (C=O) groups excluding carboxylic acids is 1. The van der Waals surface area contributed by atoms with Crippen LogP contribution in [-0.2, 0) is 14.8 Å². The summed E-state index contributed by atoms with van der Waals surface area (Å²) in [6.07, 6.45) is 0.304. The maximum atomic E-state index is 13.7. The Bertz CT molecular complexity index is 884. The first-order valence-electron chi connectivity index (χ1n) is 7.64. The summed E-state index contributed by atoms with van der Waals surface area (Å²) in [5.41, 5.74) is 0.651. The van der Waals surface area contributed by atoms with Gasteiger partial charge < -0.3 is 9.64 Å². The van der Waals surface area contributed by atoms with E-state index >= 15 is 0 Å². The average molecular weight is 364 g/mol. The van der Waals surface area contributed by atoms with Gasteiger partial charge in [0, 0.05) is 12.2 Å². The molecule has 1 saturated heterocycles. The highest BCUT2D eigenvalue weighted by Gasteiger charge is 2.36. The zero-order valence-electron chi connectivity index (χ0n) is 13.5. The van der Waals surface area contributed by atoms with Crippen molar-refractivity contribution >= 4 is 21.6 Å². The van der Waals surface area contributed by atoms with Crippen molar-refractivity contribution in [3.8, 4) is 5.75 Å². The first-order chi connectivity index (χ1) is 11.9. The molecule has 1 N–H and O–H groups in total. The van der Waals surface area contributed by atoms with Crippen molar-refractivity contribution in [2.24, 2.45) is 0 Å². The van der Waals surface area contributed by atoms with Gasteiger partial charge in [0.25, 0.3) is 0 Å². The third-order valence-corrected chi connectivity index (χ3v) is 5.52. The summed E-state index contributed by atoms with van der Waals surface area (Å²) >= 11 is 0. The van der Waals surface area contributed by atoms with Crippen molar-refractivity contribution in [3.05, 3.63) is 54.3 Å². The Morgan fingerprint density at radius 2 is 1.84 bits per heavy atom. The number of nitrogens with one attached hydrogen (secondary N) is 1. The van der Waals surface area contributed by atoms with E-state index in [2.05, 4.69) is 4.72 Å². The molecule has 25 heavy (non-hydrogen) atoms. The molecule has 0 radical (unpaired) electrons. The van der Waals surface area contributed by atoms with Gasteiger partial charge in [-0.15, -0.1) is 0 Å². The van der Waals surface area contributed by atoms with E-state index in [1.807, 2.05) is 0 Å². The van der Waals surface area contributed by atoms with Crippen molar-refractivity contribution < 1.29 is 22.3 Å². The smallest absolute Gasteiger partial charge is 0.245 e. The average Bonchev–Trinajstić information content (AvgIpc) is 2.95. The Labute approximate surface area is 145 Å². The molecule has 0 spiro atoms. The van der Waals surface area contributed by atoms with E-state index < -0.39 is 26.8 Å². The molecule has 1 aliphatic rings. The molecule has 8 heteroatoms. The van der Waals surface area contributed by atoms with Crippen LogP contribution in [0.4, 0.5) is 10.1 Å². The van der Waals surface area contributed by atoms with Crippen LogP contribution < -0.4 is 14.4 Å². The van der Waals surface area contributed by atoms with Crippen LogP contribution >= 0.6 is 0 Å². The maximum absolute atomic E-state index is 13.7. The third kappa shape index (κ3) is 3.49. The lowest BCUT2D eigenvalue weighted by molar-refractivity contribution is -0.118. The van der Waals surface area contributed by atoms with Crippen LogP contribution in [0, 0.1) is 5.82 Å². The second kappa shape index (κ2) is 6.81. The number of nitrogens with zero attached hydrogens (tertiary/aromatic N) is 1. The number of hydrogen-bond donors (Lipinski definition) is 1. The number of amides is 1. The molecule has 6 nitrogen and oxygen atoms in total. The molecule has 132 valence electrons. The van der Waals surface area contributed by atoms with Gasteiger partial charge in [0.2, 0.25) is 15.9 Å². The minimum atomic E-state index is -4.12. The number of rotatable bonds is 5. The first-order valence-corrected chi connectivity index (χ1v) is 9.13. The Hall–Kier alpha value is -2.45. The molecule has 0 unspecified atom stereocenters. The molecule has 2 aromatic carbocycles. The van der Waals surface area contributed by atoms with Crippen molar-refractivity contribution in [1.29, 1.82) is 0 Å². The highest BCUT2D eigenvalue weighted by Crippen LogP contribution is 2.25. The molecule has 1 fully saturated rings. The molecular formula is C17H17FN2O4S. The zero-order chi connectivity index (χ0) is 18.0. The third-order valence-electron chi connectivity index (χ3n) is 4.01. The standard InChI is InChI=1S/C17H17FN2O4S/c1-24-13-8-6-12(7-9-13)20-11-10-15(17(20)21)19-25(22,23)16-5-3-2-4-14(16)18/h2-9,15,19H,10-11H2,1H3/t15-/m1/s1. The summed E-state index contributed by atoms with van der Waals surface area (Å²) in [5, 5.41) is 0. The number of methoxy groups -OCH3 is 1. The summed E-state index contributed by atoms with van der Waals surface area (Å²) in [5.74, 6) is -0.565. The van der Waals surface area contributed by atoms with E-state index in [1.165, 1.54) is 23.1 Å². The minimum absolute atomic E-state index is 0.304. The van der Waals surface area contributed by atoms with Crippen molar-refractivity contribution in [2.45, 2.75) is 17.4 Å². The quantitative estimate of drug-likeness (QED) is 0.880. The zero-order valence-corrected chi connectivity index (χ0v) is 14.3. The molecule has 0 saturated carbocycles. The molecule has 0 aromatic heterocycles. The van der Waals surface area contributed by atoms with Gasteiger partial charge in [0.05, 0.1) is 7.11 Å². The monoisotopic (exact) mass is 364 g/mol. The van der Waals surface area contributed by atoms with Crippen molar-refractivity contribution in [1.82, 2.24) is 4.72 Å². The summed E-state index contributed by atoms with van der Waals surface area (Å²) in [4.78, 5) is 13.6. The van der Waals surface area contributed by atoms with E-state index in [-0.39, 0.29) is 5.91 Å².